The van der Waals surface area contributed by atoms with Crippen LogP contribution in [0, 0.1) is 0 Å². The molecule has 24 heavy (non-hydrogen) atoms. The van der Waals surface area contributed by atoms with Crippen molar-refractivity contribution in [3.63, 3.8) is 0 Å². The molecular formula is C15H13BrN2O4S2. The van der Waals surface area contributed by atoms with Gasteiger partial charge in [-0.1, -0.05) is 52.0 Å². The maximum atomic E-state index is 12.5. The Labute approximate surface area is 156 Å². The van der Waals surface area contributed by atoms with E-state index in [4.69, 9.17) is 18.0 Å². The number of thioether (sulfide) groups is 1. The number of carboxylic acid groups (broad SMARTS) is 1. The predicted molar refractivity (Wildman–Crippen MR) is 99.0 cm³/mol. The summed E-state index contributed by atoms with van der Waals surface area (Å²) in [6.45, 7) is 0. The van der Waals surface area contributed by atoms with Gasteiger partial charge in [0.15, 0.2) is 0 Å². The lowest BCUT2D eigenvalue weighted by molar-refractivity contribution is -0.145. The van der Waals surface area contributed by atoms with Crippen LogP contribution in [0.15, 0.2) is 33.6 Å². The number of aliphatic carboxylic acids is 1. The zero-order valence-electron chi connectivity index (χ0n) is 12.3. The van der Waals surface area contributed by atoms with Gasteiger partial charge in [-0.15, -0.1) is 0 Å². The van der Waals surface area contributed by atoms with Gasteiger partial charge in [-0.2, -0.15) is 0 Å². The molecule has 1 atom stereocenters. The first-order chi connectivity index (χ1) is 11.3. The van der Waals surface area contributed by atoms with Gasteiger partial charge in [0.25, 0.3) is 5.91 Å². The van der Waals surface area contributed by atoms with Crippen molar-refractivity contribution in [3.8, 4) is 0 Å². The van der Waals surface area contributed by atoms with Crippen molar-refractivity contribution in [1.29, 1.82) is 0 Å². The van der Waals surface area contributed by atoms with Crippen molar-refractivity contribution in [2.24, 2.45) is 5.73 Å². The minimum absolute atomic E-state index is 0.0807. The van der Waals surface area contributed by atoms with Gasteiger partial charge in [-0.25, -0.2) is 4.79 Å². The zero-order valence-corrected chi connectivity index (χ0v) is 15.5. The Morgan fingerprint density at radius 2 is 2.00 bits per heavy atom. The summed E-state index contributed by atoms with van der Waals surface area (Å²) in [5.41, 5.74) is 5.86. The van der Waals surface area contributed by atoms with Crippen LogP contribution in [0.2, 0.25) is 0 Å². The zero-order chi connectivity index (χ0) is 17.9. The van der Waals surface area contributed by atoms with E-state index >= 15 is 0 Å². The minimum atomic E-state index is -1.22. The van der Waals surface area contributed by atoms with E-state index in [9.17, 15) is 19.5 Å². The highest BCUT2D eigenvalue weighted by Crippen LogP contribution is 2.35. The molecule has 2 amide bonds. The molecule has 0 spiro atoms. The van der Waals surface area contributed by atoms with Crippen molar-refractivity contribution >= 4 is 68.1 Å². The van der Waals surface area contributed by atoms with Crippen molar-refractivity contribution in [1.82, 2.24) is 4.90 Å². The van der Waals surface area contributed by atoms with E-state index in [2.05, 4.69) is 15.9 Å². The SMILES string of the molecule is NC(=O)CCC(C(=O)O)N1C(=O)/C(=C/c2ccc(Br)cc2)SC1=S. The summed E-state index contributed by atoms with van der Waals surface area (Å²) in [6.07, 6.45) is 1.43. The first-order valence-corrected chi connectivity index (χ1v) is 8.85. The summed E-state index contributed by atoms with van der Waals surface area (Å²) in [7, 11) is 0. The molecule has 1 aromatic carbocycles. The molecule has 1 saturated heterocycles. The highest BCUT2D eigenvalue weighted by Gasteiger charge is 2.40. The van der Waals surface area contributed by atoms with Crippen LogP contribution in [0.3, 0.4) is 0 Å². The van der Waals surface area contributed by atoms with Crippen molar-refractivity contribution in [3.05, 3.63) is 39.2 Å². The standard InChI is InChI=1S/C15H13BrN2O4S2/c16-9-3-1-8(2-4-9)7-11-13(20)18(15(23)24-11)10(14(21)22)5-6-12(17)19/h1-4,7,10H,5-6H2,(H2,17,19)(H,21,22)/b11-7-. The highest BCUT2D eigenvalue weighted by atomic mass is 79.9. The van der Waals surface area contributed by atoms with E-state index in [1.54, 1.807) is 6.08 Å². The number of nitrogens with two attached hydrogens (primary N) is 1. The number of benzene rings is 1. The quantitative estimate of drug-likeness (QED) is 0.532. The van der Waals surface area contributed by atoms with E-state index in [0.717, 1.165) is 26.7 Å². The molecule has 1 unspecified atom stereocenters. The number of carbonyl (C=O) groups is 3. The van der Waals surface area contributed by atoms with Gasteiger partial charge in [0.2, 0.25) is 5.91 Å². The molecular weight excluding hydrogens is 416 g/mol. The molecule has 2 rings (SSSR count). The fraction of sp³-hybridized carbons (Fsp3) is 0.200. The Bertz CT molecular complexity index is 733. The smallest absolute Gasteiger partial charge is 0.326 e. The van der Waals surface area contributed by atoms with Gasteiger partial charge in [-0.05, 0) is 30.2 Å². The molecule has 0 radical (unpaired) electrons. The molecule has 1 aliphatic rings. The van der Waals surface area contributed by atoms with Gasteiger partial charge < -0.3 is 10.8 Å². The van der Waals surface area contributed by atoms with E-state index in [-0.39, 0.29) is 17.2 Å². The average molecular weight is 429 g/mol. The average Bonchev–Trinajstić information content (AvgIpc) is 2.77. The molecule has 1 heterocycles. The van der Waals surface area contributed by atoms with Gasteiger partial charge in [-0.3, -0.25) is 14.5 Å². The number of carbonyl (C=O) groups excluding carboxylic acids is 2. The Morgan fingerprint density at radius 1 is 1.38 bits per heavy atom. The number of hydrogen-bond acceptors (Lipinski definition) is 5. The molecule has 9 heteroatoms. The second-order valence-corrected chi connectivity index (χ2v) is 7.55. The Morgan fingerprint density at radius 3 is 2.54 bits per heavy atom. The molecule has 1 aliphatic heterocycles. The Hall–Kier alpha value is -1.71. The van der Waals surface area contributed by atoms with Crippen LogP contribution in [-0.4, -0.2) is 38.2 Å². The topological polar surface area (TPSA) is 101 Å². The lowest BCUT2D eigenvalue weighted by Gasteiger charge is -2.22. The first-order valence-electron chi connectivity index (χ1n) is 6.83. The number of primary amides is 1. The lowest BCUT2D eigenvalue weighted by Crippen LogP contribution is -2.44. The summed E-state index contributed by atoms with van der Waals surface area (Å²) >= 11 is 9.51. The van der Waals surface area contributed by atoms with E-state index in [1.165, 1.54) is 0 Å². The van der Waals surface area contributed by atoms with Gasteiger partial charge in [0.05, 0.1) is 4.91 Å². The summed E-state index contributed by atoms with van der Waals surface area (Å²) < 4.78 is 1.06. The van der Waals surface area contributed by atoms with Gasteiger partial charge >= 0.3 is 5.97 Å². The first kappa shape index (κ1) is 18.6. The van der Waals surface area contributed by atoms with Crippen LogP contribution in [-0.2, 0) is 14.4 Å². The Balaban J connectivity index is 2.24. The van der Waals surface area contributed by atoms with Crippen LogP contribution in [0.1, 0.15) is 18.4 Å². The summed E-state index contributed by atoms with van der Waals surface area (Å²) in [4.78, 5) is 36.3. The largest absolute Gasteiger partial charge is 0.480 e. The van der Waals surface area contributed by atoms with E-state index < -0.39 is 23.8 Å². The van der Waals surface area contributed by atoms with Crippen LogP contribution >= 0.6 is 39.9 Å². The maximum Gasteiger partial charge on any atom is 0.326 e. The van der Waals surface area contributed by atoms with Crippen LogP contribution in [0.25, 0.3) is 6.08 Å². The molecule has 0 aromatic heterocycles. The summed E-state index contributed by atoms with van der Waals surface area (Å²) in [5, 5.41) is 9.35. The number of amides is 2. The summed E-state index contributed by atoms with van der Waals surface area (Å²) in [6, 6.07) is 6.09. The fourth-order valence-electron chi connectivity index (χ4n) is 2.10. The second kappa shape index (κ2) is 7.91. The fourth-order valence-corrected chi connectivity index (χ4v) is 3.72. The van der Waals surface area contributed by atoms with Crippen molar-refractivity contribution < 1.29 is 19.5 Å². The molecule has 6 nitrogen and oxygen atoms in total. The maximum absolute atomic E-state index is 12.5. The third-order valence-corrected chi connectivity index (χ3v) is 5.11. The summed E-state index contributed by atoms with van der Waals surface area (Å²) in [5.74, 6) is -2.33. The van der Waals surface area contributed by atoms with Crippen LogP contribution in [0.4, 0.5) is 0 Å². The molecule has 1 aromatic rings. The molecule has 126 valence electrons. The Kier molecular flexibility index (Phi) is 6.14. The monoisotopic (exact) mass is 428 g/mol. The number of carboxylic acids is 1. The number of thiocarbonyl (C=S) groups is 1. The lowest BCUT2D eigenvalue weighted by atomic mass is 10.1. The van der Waals surface area contributed by atoms with Crippen LogP contribution in [0.5, 0.6) is 0 Å². The third kappa shape index (κ3) is 4.43. The number of halogens is 1. The van der Waals surface area contributed by atoms with Gasteiger partial charge in [0.1, 0.15) is 10.4 Å². The van der Waals surface area contributed by atoms with E-state index in [0.29, 0.717) is 4.91 Å². The predicted octanol–water partition coefficient (Wildman–Crippen LogP) is 2.37. The number of nitrogens with zero attached hydrogens (tertiary/aromatic N) is 1. The molecule has 0 bridgehead atoms. The third-order valence-electron chi connectivity index (χ3n) is 3.25. The molecule has 0 saturated carbocycles. The van der Waals surface area contributed by atoms with Crippen molar-refractivity contribution in [2.45, 2.75) is 18.9 Å². The molecule has 0 aliphatic carbocycles. The molecule has 1 fully saturated rings. The minimum Gasteiger partial charge on any atom is -0.480 e. The van der Waals surface area contributed by atoms with E-state index in [1.807, 2.05) is 24.3 Å². The molecule has 3 N–H and O–H groups in total. The van der Waals surface area contributed by atoms with Gasteiger partial charge in [0, 0.05) is 10.9 Å². The number of rotatable bonds is 6. The highest BCUT2D eigenvalue weighted by molar-refractivity contribution is 9.10. The second-order valence-electron chi connectivity index (χ2n) is 4.96. The normalized spacial score (nSPS) is 17.4. The van der Waals surface area contributed by atoms with Crippen LogP contribution < -0.4 is 5.73 Å². The van der Waals surface area contributed by atoms with Crippen molar-refractivity contribution in [2.75, 3.05) is 0 Å². The number of hydrogen-bond donors (Lipinski definition) is 2.